The van der Waals surface area contributed by atoms with E-state index in [0.29, 0.717) is 6.54 Å². The average Bonchev–Trinajstić information content (AvgIpc) is 3.13. The lowest BCUT2D eigenvalue weighted by molar-refractivity contribution is -0.139. The molecule has 1 saturated carbocycles. The fourth-order valence-electron chi connectivity index (χ4n) is 3.73. The van der Waals surface area contributed by atoms with Gasteiger partial charge in [-0.2, -0.15) is 13.2 Å². The van der Waals surface area contributed by atoms with Crippen molar-refractivity contribution in [3.05, 3.63) is 59.4 Å². The van der Waals surface area contributed by atoms with E-state index >= 15 is 0 Å². The zero-order valence-corrected chi connectivity index (χ0v) is 16.0. The summed E-state index contributed by atoms with van der Waals surface area (Å²) in [6.07, 6.45) is -4.76. The van der Waals surface area contributed by atoms with Gasteiger partial charge in [-0.15, -0.1) is 0 Å². The minimum atomic E-state index is -4.76. The van der Waals surface area contributed by atoms with Crippen molar-refractivity contribution < 1.29 is 26.0 Å². The molecule has 1 aliphatic rings. The summed E-state index contributed by atoms with van der Waals surface area (Å²) in [5.74, 6) is -1.08. The van der Waals surface area contributed by atoms with E-state index in [2.05, 4.69) is 5.32 Å². The molecule has 3 N–H and O–H groups in total. The maximum absolute atomic E-state index is 13.4. The van der Waals surface area contributed by atoms with Gasteiger partial charge < -0.3 is 5.32 Å². The molecule has 0 unspecified atom stereocenters. The standard InChI is InChI=1S/C19H20F4N2O2S/c1-18(2)15(17(18)11-3-6-13(7-4-11)28(24,26)27)10-25-12-5-8-16(20)14(9-12)19(21,22)23/h3-9,15,17,25H,10H2,1-2H3,(H2,24,26,27)/t15-,17-/m0/s1. The highest BCUT2D eigenvalue weighted by Gasteiger charge is 2.57. The minimum Gasteiger partial charge on any atom is -0.385 e. The first-order valence-electron chi connectivity index (χ1n) is 8.55. The quantitative estimate of drug-likeness (QED) is 0.712. The van der Waals surface area contributed by atoms with Crippen molar-refractivity contribution in [3.8, 4) is 0 Å². The zero-order valence-electron chi connectivity index (χ0n) is 15.2. The van der Waals surface area contributed by atoms with Gasteiger partial charge in [0, 0.05) is 12.2 Å². The molecule has 2 aromatic carbocycles. The predicted molar refractivity (Wildman–Crippen MR) is 97.7 cm³/mol. The third kappa shape index (κ3) is 4.00. The number of primary sulfonamides is 1. The lowest BCUT2D eigenvalue weighted by atomic mass is 10.0. The van der Waals surface area contributed by atoms with Gasteiger partial charge in [0.25, 0.3) is 0 Å². The second-order valence-corrected chi connectivity index (χ2v) is 9.15. The fraction of sp³-hybridized carbons (Fsp3) is 0.368. The van der Waals surface area contributed by atoms with E-state index in [9.17, 15) is 26.0 Å². The Kier molecular flexibility index (Phi) is 4.95. The van der Waals surface area contributed by atoms with Crippen molar-refractivity contribution in [1.29, 1.82) is 0 Å². The fourth-order valence-corrected chi connectivity index (χ4v) is 4.25. The molecule has 1 aliphatic carbocycles. The smallest absolute Gasteiger partial charge is 0.385 e. The summed E-state index contributed by atoms with van der Waals surface area (Å²) >= 11 is 0. The molecule has 1 fully saturated rings. The minimum absolute atomic E-state index is 0.0235. The van der Waals surface area contributed by atoms with Crippen molar-refractivity contribution in [2.45, 2.75) is 30.8 Å². The van der Waals surface area contributed by atoms with Crippen LogP contribution in [0.2, 0.25) is 0 Å². The maximum atomic E-state index is 13.4. The molecule has 0 aliphatic heterocycles. The zero-order chi connectivity index (χ0) is 20.9. The van der Waals surface area contributed by atoms with Gasteiger partial charge in [-0.05, 0) is 53.1 Å². The highest BCUT2D eigenvalue weighted by atomic mass is 32.2. The van der Waals surface area contributed by atoms with Crippen LogP contribution >= 0.6 is 0 Å². The number of alkyl halides is 3. The second-order valence-electron chi connectivity index (χ2n) is 7.59. The summed E-state index contributed by atoms with van der Waals surface area (Å²) in [6.45, 7) is 4.46. The first kappa shape index (κ1) is 20.6. The molecule has 0 saturated heterocycles. The van der Waals surface area contributed by atoms with Crippen LogP contribution in [0.15, 0.2) is 47.4 Å². The molecule has 28 heavy (non-hydrogen) atoms. The molecule has 0 amide bonds. The van der Waals surface area contributed by atoms with Crippen LogP contribution in [0, 0.1) is 17.2 Å². The predicted octanol–water partition coefficient (Wildman–Crippen LogP) is 4.34. The molecule has 0 spiro atoms. The summed E-state index contributed by atoms with van der Waals surface area (Å²) in [5.41, 5.74) is -0.301. The molecule has 2 atom stereocenters. The number of rotatable bonds is 5. The largest absolute Gasteiger partial charge is 0.419 e. The maximum Gasteiger partial charge on any atom is 0.419 e. The van der Waals surface area contributed by atoms with Crippen molar-refractivity contribution >= 4 is 15.7 Å². The van der Waals surface area contributed by atoms with Gasteiger partial charge in [0.05, 0.1) is 10.5 Å². The molecule has 0 heterocycles. The number of nitrogens with two attached hydrogens (primary N) is 1. The Morgan fingerprint density at radius 1 is 1.11 bits per heavy atom. The third-order valence-corrected chi connectivity index (χ3v) is 6.35. The topological polar surface area (TPSA) is 72.2 Å². The highest BCUT2D eigenvalue weighted by Crippen LogP contribution is 2.64. The molecule has 9 heteroatoms. The molecule has 0 bridgehead atoms. The Bertz CT molecular complexity index is 986. The molecule has 152 valence electrons. The van der Waals surface area contributed by atoms with Gasteiger partial charge >= 0.3 is 6.18 Å². The number of benzene rings is 2. The molecule has 0 aromatic heterocycles. The van der Waals surface area contributed by atoms with Crippen LogP contribution < -0.4 is 10.5 Å². The van der Waals surface area contributed by atoms with E-state index in [1.54, 1.807) is 12.1 Å². The van der Waals surface area contributed by atoms with Crippen molar-refractivity contribution in [2.24, 2.45) is 16.5 Å². The van der Waals surface area contributed by atoms with Gasteiger partial charge in [-0.25, -0.2) is 17.9 Å². The molecule has 2 aromatic rings. The molecular formula is C19H20F4N2O2S. The van der Waals surface area contributed by atoms with Crippen LogP contribution in [0.25, 0.3) is 0 Å². The number of sulfonamides is 1. The Hall–Kier alpha value is -2.13. The summed E-state index contributed by atoms with van der Waals surface area (Å²) < 4.78 is 74.7. The first-order chi connectivity index (χ1) is 12.8. The van der Waals surface area contributed by atoms with Crippen molar-refractivity contribution in [3.63, 3.8) is 0 Å². The average molecular weight is 416 g/mol. The van der Waals surface area contributed by atoms with Crippen LogP contribution in [0.5, 0.6) is 0 Å². The number of hydrogen-bond donors (Lipinski definition) is 2. The van der Waals surface area contributed by atoms with E-state index in [4.69, 9.17) is 5.14 Å². The summed E-state index contributed by atoms with van der Waals surface area (Å²) in [6, 6.07) is 9.12. The van der Waals surface area contributed by atoms with Gasteiger partial charge in [-0.1, -0.05) is 26.0 Å². The molecule has 0 radical (unpaired) electrons. The lowest BCUT2D eigenvalue weighted by Crippen LogP contribution is -2.12. The van der Waals surface area contributed by atoms with Crippen LogP contribution in [0.4, 0.5) is 23.2 Å². The van der Waals surface area contributed by atoms with E-state index in [0.717, 1.165) is 17.7 Å². The van der Waals surface area contributed by atoms with Gasteiger partial charge in [0.2, 0.25) is 10.0 Å². The molecule has 3 rings (SSSR count). The van der Waals surface area contributed by atoms with Crippen LogP contribution in [0.3, 0.4) is 0 Å². The van der Waals surface area contributed by atoms with E-state index in [1.807, 2.05) is 13.8 Å². The van der Waals surface area contributed by atoms with E-state index in [1.165, 1.54) is 18.2 Å². The van der Waals surface area contributed by atoms with E-state index < -0.39 is 27.6 Å². The molecule has 4 nitrogen and oxygen atoms in total. The first-order valence-corrected chi connectivity index (χ1v) is 10.1. The Balaban J connectivity index is 1.72. The van der Waals surface area contributed by atoms with Crippen LogP contribution in [0.1, 0.15) is 30.9 Å². The second kappa shape index (κ2) is 6.73. The lowest BCUT2D eigenvalue weighted by Gasteiger charge is -2.12. The van der Waals surface area contributed by atoms with E-state index in [-0.39, 0.29) is 27.8 Å². The highest BCUT2D eigenvalue weighted by molar-refractivity contribution is 7.89. The van der Waals surface area contributed by atoms with Gasteiger partial charge in [0.15, 0.2) is 0 Å². The summed E-state index contributed by atoms with van der Waals surface area (Å²) in [5, 5.41) is 8.05. The summed E-state index contributed by atoms with van der Waals surface area (Å²) in [4.78, 5) is 0.0235. The van der Waals surface area contributed by atoms with Gasteiger partial charge in [-0.3, -0.25) is 0 Å². The summed E-state index contributed by atoms with van der Waals surface area (Å²) in [7, 11) is -3.77. The monoisotopic (exact) mass is 416 g/mol. The van der Waals surface area contributed by atoms with Crippen molar-refractivity contribution in [2.75, 3.05) is 11.9 Å². The Labute approximate surface area is 160 Å². The van der Waals surface area contributed by atoms with Crippen molar-refractivity contribution in [1.82, 2.24) is 0 Å². The van der Waals surface area contributed by atoms with Crippen LogP contribution in [-0.2, 0) is 16.2 Å². The van der Waals surface area contributed by atoms with Crippen LogP contribution in [-0.4, -0.2) is 15.0 Å². The Morgan fingerprint density at radius 3 is 2.25 bits per heavy atom. The number of hydrogen-bond acceptors (Lipinski definition) is 3. The van der Waals surface area contributed by atoms with Gasteiger partial charge in [0.1, 0.15) is 5.82 Å². The molecular weight excluding hydrogens is 396 g/mol. The normalized spacial score (nSPS) is 21.4. The Morgan fingerprint density at radius 2 is 1.71 bits per heavy atom. The number of nitrogens with one attached hydrogen (secondary N) is 1. The SMILES string of the molecule is CC1(C)[C@@H](CNc2ccc(F)c(C(F)(F)F)c2)[C@@H]1c1ccc(S(N)(=O)=O)cc1. The third-order valence-electron chi connectivity index (χ3n) is 5.42. The number of anilines is 1. The number of halogens is 4.